The van der Waals surface area contributed by atoms with E-state index in [1.807, 2.05) is 12.1 Å². The van der Waals surface area contributed by atoms with Gasteiger partial charge in [0, 0.05) is 0 Å². The van der Waals surface area contributed by atoms with Crippen LogP contribution in [0.2, 0.25) is 0 Å². The molecule has 66 valence electrons. The van der Waals surface area contributed by atoms with Gasteiger partial charge in [0.05, 0.1) is 31.6 Å². The summed E-state index contributed by atoms with van der Waals surface area (Å²) in [5.74, 6) is 0.988. The third-order valence-corrected chi connectivity index (χ3v) is 2.09. The maximum absolute atomic E-state index is 5.26. The van der Waals surface area contributed by atoms with Gasteiger partial charge in [-0.3, -0.25) is 0 Å². The van der Waals surface area contributed by atoms with Gasteiger partial charge >= 0.3 is 0 Å². The van der Waals surface area contributed by atoms with Crippen LogP contribution in [0.25, 0.3) is 0 Å². The molecule has 0 aromatic carbocycles. The summed E-state index contributed by atoms with van der Waals surface area (Å²) < 4.78 is 10.3. The molecule has 0 radical (unpaired) electrons. The predicted molar refractivity (Wildman–Crippen MR) is 44.9 cm³/mol. The standard InChI is InChI=1S/C9H13NO2/c1-7(9-3-2-4-12-9)10-8-5-11-6-8/h2-4,7-8,10H,5-6H2,1H3/t7-/m1/s1. The number of hydrogen-bond donors (Lipinski definition) is 1. The number of hydrogen-bond acceptors (Lipinski definition) is 3. The number of rotatable bonds is 3. The van der Waals surface area contributed by atoms with Gasteiger partial charge in [-0.1, -0.05) is 0 Å². The molecule has 1 N–H and O–H groups in total. The van der Waals surface area contributed by atoms with Crippen LogP contribution in [-0.4, -0.2) is 19.3 Å². The van der Waals surface area contributed by atoms with Gasteiger partial charge in [0.15, 0.2) is 0 Å². The van der Waals surface area contributed by atoms with Gasteiger partial charge in [-0.05, 0) is 19.1 Å². The molecule has 0 unspecified atom stereocenters. The Bertz CT molecular complexity index is 229. The van der Waals surface area contributed by atoms with Crippen LogP contribution in [-0.2, 0) is 4.74 Å². The first-order chi connectivity index (χ1) is 5.86. The summed E-state index contributed by atoms with van der Waals surface area (Å²) in [5, 5.41) is 3.40. The molecule has 1 aliphatic rings. The normalized spacial score (nSPS) is 20.4. The fourth-order valence-corrected chi connectivity index (χ4v) is 1.31. The van der Waals surface area contributed by atoms with E-state index in [0.717, 1.165) is 19.0 Å². The van der Waals surface area contributed by atoms with Crippen molar-refractivity contribution < 1.29 is 9.15 Å². The van der Waals surface area contributed by atoms with Crippen molar-refractivity contribution in [1.29, 1.82) is 0 Å². The summed E-state index contributed by atoms with van der Waals surface area (Å²) in [6, 6.07) is 4.68. The van der Waals surface area contributed by atoms with E-state index in [1.165, 1.54) is 0 Å². The molecule has 2 heterocycles. The summed E-state index contributed by atoms with van der Waals surface area (Å²) in [4.78, 5) is 0. The van der Waals surface area contributed by atoms with Crippen LogP contribution in [0.3, 0.4) is 0 Å². The molecule has 3 nitrogen and oxygen atoms in total. The van der Waals surface area contributed by atoms with Crippen molar-refractivity contribution in [2.24, 2.45) is 0 Å². The van der Waals surface area contributed by atoms with Crippen molar-refractivity contribution in [3.05, 3.63) is 24.2 Å². The lowest BCUT2D eigenvalue weighted by molar-refractivity contribution is -0.0102. The monoisotopic (exact) mass is 167 g/mol. The zero-order chi connectivity index (χ0) is 8.39. The van der Waals surface area contributed by atoms with Gasteiger partial charge in [0.2, 0.25) is 0 Å². The molecule has 1 saturated heterocycles. The van der Waals surface area contributed by atoms with Crippen LogP contribution in [0.5, 0.6) is 0 Å². The Kier molecular flexibility index (Phi) is 2.15. The predicted octanol–water partition coefficient (Wildman–Crippen LogP) is 1.33. The van der Waals surface area contributed by atoms with Crippen LogP contribution in [0.4, 0.5) is 0 Å². The van der Waals surface area contributed by atoms with Crippen molar-refractivity contribution in [3.8, 4) is 0 Å². The molecule has 0 spiro atoms. The van der Waals surface area contributed by atoms with E-state index in [9.17, 15) is 0 Å². The SMILES string of the molecule is C[C@@H](NC1COC1)c1ccco1. The Morgan fingerprint density at radius 1 is 1.58 bits per heavy atom. The molecular weight excluding hydrogens is 154 g/mol. The number of ether oxygens (including phenoxy) is 1. The van der Waals surface area contributed by atoms with Crippen molar-refractivity contribution >= 4 is 0 Å². The van der Waals surface area contributed by atoms with E-state index in [0.29, 0.717) is 6.04 Å². The van der Waals surface area contributed by atoms with Gasteiger partial charge in [-0.25, -0.2) is 0 Å². The second-order valence-corrected chi connectivity index (χ2v) is 3.14. The molecule has 2 rings (SSSR count). The summed E-state index contributed by atoms with van der Waals surface area (Å²) in [6.45, 7) is 3.74. The van der Waals surface area contributed by atoms with Crippen molar-refractivity contribution in [2.45, 2.75) is 19.0 Å². The summed E-state index contributed by atoms with van der Waals surface area (Å²) in [6.07, 6.45) is 1.70. The molecule has 1 aromatic rings. The Labute approximate surface area is 71.7 Å². The van der Waals surface area contributed by atoms with Crippen LogP contribution < -0.4 is 5.32 Å². The zero-order valence-electron chi connectivity index (χ0n) is 7.12. The molecule has 0 saturated carbocycles. The summed E-state index contributed by atoms with van der Waals surface area (Å²) in [7, 11) is 0. The molecule has 3 heteroatoms. The zero-order valence-corrected chi connectivity index (χ0v) is 7.12. The fraction of sp³-hybridized carbons (Fsp3) is 0.556. The van der Waals surface area contributed by atoms with E-state index >= 15 is 0 Å². The highest BCUT2D eigenvalue weighted by Gasteiger charge is 2.21. The Morgan fingerprint density at radius 2 is 2.42 bits per heavy atom. The first kappa shape index (κ1) is 7.83. The van der Waals surface area contributed by atoms with Crippen molar-refractivity contribution in [2.75, 3.05) is 13.2 Å². The highest BCUT2D eigenvalue weighted by Crippen LogP contribution is 2.14. The molecule has 1 fully saturated rings. The molecule has 1 aliphatic heterocycles. The highest BCUT2D eigenvalue weighted by atomic mass is 16.5. The molecular formula is C9H13NO2. The van der Waals surface area contributed by atoms with Crippen LogP contribution in [0.15, 0.2) is 22.8 Å². The number of nitrogens with one attached hydrogen (secondary N) is 1. The first-order valence-corrected chi connectivity index (χ1v) is 4.23. The van der Waals surface area contributed by atoms with E-state index in [2.05, 4.69) is 12.2 Å². The second-order valence-electron chi connectivity index (χ2n) is 3.14. The lowest BCUT2D eigenvalue weighted by Gasteiger charge is -2.29. The molecule has 0 bridgehead atoms. The number of furan rings is 1. The van der Waals surface area contributed by atoms with Crippen LogP contribution in [0, 0.1) is 0 Å². The van der Waals surface area contributed by atoms with E-state index in [-0.39, 0.29) is 6.04 Å². The van der Waals surface area contributed by atoms with Crippen molar-refractivity contribution in [1.82, 2.24) is 5.32 Å². The minimum Gasteiger partial charge on any atom is -0.468 e. The van der Waals surface area contributed by atoms with Gasteiger partial charge in [-0.15, -0.1) is 0 Å². The fourth-order valence-electron chi connectivity index (χ4n) is 1.31. The maximum atomic E-state index is 5.26. The lowest BCUT2D eigenvalue weighted by atomic mass is 10.2. The van der Waals surface area contributed by atoms with Gasteiger partial charge in [0.1, 0.15) is 5.76 Å². The van der Waals surface area contributed by atoms with E-state index in [4.69, 9.17) is 9.15 Å². The quantitative estimate of drug-likeness (QED) is 0.737. The van der Waals surface area contributed by atoms with Crippen LogP contribution >= 0.6 is 0 Å². The third-order valence-electron chi connectivity index (χ3n) is 2.09. The average Bonchev–Trinajstić information content (AvgIpc) is 2.47. The Morgan fingerprint density at radius 3 is 2.92 bits per heavy atom. The first-order valence-electron chi connectivity index (χ1n) is 4.23. The maximum Gasteiger partial charge on any atom is 0.120 e. The molecule has 1 atom stereocenters. The topological polar surface area (TPSA) is 34.4 Å². The third kappa shape index (κ3) is 1.52. The Balaban J connectivity index is 1.87. The largest absolute Gasteiger partial charge is 0.468 e. The molecule has 0 amide bonds. The van der Waals surface area contributed by atoms with E-state index in [1.54, 1.807) is 6.26 Å². The van der Waals surface area contributed by atoms with Crippen LogP contribution in [0.1, 0.15) is 18.7 Å². The van der Waals surface area contributed by atoms with Gasteiger partial charge in [0.25, 0.3) is 0 Å². The van der Waals surface area contributed by atoms with Gasteiger partial charge < -0.3 is 14.5 Å². The van der Waals surface area contributed by atoms with Gasteiger partial charge in [-0.2, -0.15) is 0 Å². The summed E-state index contributed by atoms with van der Waals surface area (Å²) >= 11 is 0. The molecule has 12 heavy (non-hydrogen) atoms. The second kappa shape index (κ2) is 3.29. The van der Waals surface area contributed by atoms with Crippen molar-refractivity contribution in [3.63, 3.8) is 0 Å². The minimum absolute atomic E-state index is 0.286. The lowest BCUT2D eigenvalue weighted by Crippen LogP contribution is -2.46. The van der Waals surface area contributed by atoms with E-state index < -0.39 is 0 Å². The Hall–Kier alpha value is -0.800. The molecule has 1 aromatic heterocycles. The smallest absolute Gasteiger partial charge is 0.120 e. The minimum atomic E-state index is 0.286. The molecule has 0 aliphatic carbocycles. The summed E-state index contributed by atoms with van der Waals surface area (Å²) in [5.41, 5.74) is 0. The average molecular weight is 167 g/mol. The highest BCUT2D eigenvalue weighted by molar-refractivity contribution is 5.03.